The average Bonchev–Trinajstić information content (AvgIpc) is 2.51. The molecular weight excluding hydrogens is 361 g/mol. The van der Waals surface area contributed by atoms with Crippen LogP contribution in [0.25, 0.3) is 0 Å². The molecule has 25 heavy (non-hydrogen) atoms. The van der Waals surface area contributed by atoms with Crippen LogP contribution < -0.4 is 10.1 Å². The molecule has 2 rings (SSSR count). The molecule has 1 unspecified atom stereocenters. The standard InChI is InChI=1S/C15H19F3N2O4S/c1-25(22,23)20-8-4-6-12(10-20)14(21)19-9-11-5-2-3-7-13(11)24-15(16,17)18/h2-3,5,7,12H,4,6,8-10H2,1H3,(H,19,21). The van der Waals surface area contributed by atoms with E-state index in [0.717, 1.165) is 6.26 Å². The van der Waals surface area contributed by atoms with E-state index in [2.05, 4.69) is 10.1 Å². The Labute approximate surface area is 144 Å². The molecule has 6 nitrogen and oxygen atoms in total. The first-order valence-electron chi connectivity index (χ1n) is 7.63. The molecule has 1 aromatic rings. The average molecular weight is 380 g/mol. The van der Waals surface area contributed by atoms with Gasteiger partial charge in [-0.15, -0.1) is 13.2 Å². The second kappa shape index (κ2) is 7.61. The van der Waals surface area contributed by atoms with Gasteiger partial charge in [-0.05, 0) is 18.9 Å². The molecule has 1 aliphatic heterocycles. The van der Waals surface area contributed by atoms with Crippen LogP contribution in [0.15, 0.2) is 24.3 Å². The molecule has 140 valence electrons. The maximum absolute atomic E-state index is 12.4. The highest BCUT2D eigenvalue weighted by molar-refractivity contribution is 7.88. The Hall–Kier alpha value is -1.81. The molecule has 1 aliphatic rings. The maximum atomic E-state index is 12.4. The molecule has 1 atom stereocenters. The van der Waals surface area contributed by atoms with Crippen LogP contribution in [0.5, 0.6) is 5.75 Å². The van der Waals surface area contributed by atoms with E-state index in [4.69, 9.17) is 0 Å². The van der Waals surface area contributed by atoms with Crippen molar-refractivity contribution in [3.8, 4) is 5.75 Å². The summed E-state index contributed by atoms with van der Waals surface area (Å²) in [4.78, 5) is 12.2. The Bertz CT molecular complexity index is 722. The molecule has 1 fully saturated rings. The van der Waals surface area contributed by atoms with Gasteiger partial charge in [0.2, 0.25) is 15.9 Å². The zero-order chi connectivity index (χ0) is 18.7. The smallest absolute Gasteiger partial charge is 0.405 e. The molecule has 0 radical (unpaired) electrons. The number of piperidine rings is 1. The Morgan fingerprint density at radius 3 is 2.68 bits per heavy atom. The van der Waals surface area contributed by atoms with Crippen molar-refractivity contribution in [2.45, 2.75) is 25.7 Å². The van der Waals surface area contributed by atoms with E-state index in [1.165, 1.54) is 28.6 Å². The van der Waals surface area contributed by atoms with Crippen molar-refractivity contribution < 1.29 is 31.1 Å². The Balaban J connectivity index is 1.98. The molecule has 0 bridgehead atoms. The number of ether oxygens (including phenoxy) is 1. The lowest BCUT2D eigenvalue weighted by Crippen LogP contribution is -2.44. The fourth-order valence-corrected chi connectivity index (χ4v) is 3.57. The molecule has 0 saturated carbocycles. The van der Waals surface area contributed by atoms with Gasteiger partial charge < -0.3 is 10.1 Å². The summed E-state index contributed by atoms with van der Waals surface area (Å²) in [6.45, 7) is 0.302. The van der Waals surface area contributed by atoms with Gasteiger partial charge in [-0.1, -0.05) is 18.2 Å². The fourth-order valence-electron chi connectivity index (χ4n) is 2.66. The summed E-state index contributed by atoms with van der Waals surface area (Å²) in [6, 6.07) is 5.53. The molecule has 10 heteroatoms. The number of rotatable bonds is 5. The van der Waals surface area contributed by atoms with Crippen molar-refractivity contribution in [1.29, 1.82) is 0 Å². The van der Waals surface area contributed by atoms with Gasteiger partial charge in [-0.3, -0.25) is 4.79 Å². The van der Waals surface area contributed by atoms with Crippen molar-refractivity contribution in [2.75, 3.05) is 19.3 Å². The van der Waals surface area contributed by atoms with Crippen LogP contribution in [0.4, 0.5) is 13.2 Å². The van der Waals surface area contributed by atoms with Crippen LogP contribution in [0, 0.1) is 5.92 Å². The van der Waals surface area contributed by atoms with E-state index in [-0.39, 0.29) is 24.4 Å². The second-order valence-electron chi connectivity index (χ2n) is 5.83. The predicted octanol–water partition coefficient (Wildman–Crippen LogP) is 1.87. The maximum Gasteiger partial charge on any atom is 0.573 e. The minimum atomic E-state index is -4.82. The highest BCUT2D eigenvalue weighted by atomic mass is 32.2. The van der Waals surface area contributed by atoms with E-state index in [9.17, 15) is 26.4 Å². The van der Waals surface area contributed by atoms with E-state index in [0.29, 0.717) is 19.4 Å². The number of sulfonamides is 1. The summed E-state index contributed by atoms with van der Waals surface area (Å²) in [7, 11) is -3.38. The number of hydrogen-bond donors (Lipinski definition) is 1. The lowest BCUT2D eigenvalue weighted by molar-refractivity contribution is -0.274. The number of carbonyl (C=O) groups is 1. The van der Waals surface area contributed by atoms with Gasteiger partial charge in [0.25, 0.3) is 0 Å². The third kappa shape index (κ3) is 5.89. The number of nitrogens with zero attached hydrogens (tertiary/aromatic N) is 1. The van der Waals surface area contributed by atoms with E-state index >= 15 is 0 Å². The van der Waals surface area contributed by atoms with Gasteiger partial charge in [0, 0.05) is 25.2 Å². The van der Waals surface area contributed by atoms with Crippen molar-refractivity contribution in [3.63, 3.8) is 0 Å². The Morgan fingerprint density at radius 1 is 1.36 bits per heavy atom. The number of carbonyl (C=O) groups excluding carboxylic acids is 1. The van der Waals surface area contributed by atoms with Gasteiger partial charge in [0.05, 0.1) is 12.2 Å². The first-order valence-corrected chi connectivity index (χ1v) is 9.47. The van der Waals surface area contributed by atoms with Gasteiger partial charge in [-0.2, -0.15) is 0 Å². The van der Waals surface area contributed by atoms with Crippen molar-refractivity contribution >= 4 is 15.9 Å². The van der Waals surface area contributed by atoms with E-state index in [1.807, 2.05) is 0 Å². The highest BCUT2D eigenvalue weighted by Gasteiger charge is 2.32. The summed E-state index contributed by atoms with van der Waals surface area (Å²) >= 11 is 0. The summed E-state index contributed by atoms with van der Waals surface area (Å²) in [6.07, 6.45) is -2.66. The van der Waals surface area contributed by atoms with Gasteiger partial charge in [0.15, 0.2) is 0 Å². The summed E-state index contributed by atoms with van der Waals surface area (Å²) in [5.74, 6) is -1.30. The number of halogens is 3. The molecule has 1 aromatic carbocycles. The summed E-state index contributed by atoms with van der Waals surface area (Å²) in [5, 5.41) is 2.56. The quantitative estimate of drug-likeness (QED) is 0.846. The minimum Gasteiger partial charge on any atom is -0.405 e. The Kier molecular flexibility index (Phi) is 5.94. The molecule has 1 heterocycles. The molecule has 1 amide bonds. The van der Waals surface area contributed by atoms with E-state index in [1.54, 1.807) is 0 Å². The Morgan fingerprint density at radius 2 is 2.04 bits per heavy atom. The van der Waals surface area contributed by atoms with Crippen molar-refractivity contribution in [1.82, 2.24) is 9.62 Å². The van der Waals surface area contributed by atoms with Crippen LogP contribution in [0.2, 0.25) is 0 Å². The van der Waals surface area contributed by atoms with Crippen LogP contribution in [0.3, 0.4) is 0 Å². The largest absolute Gasteiger partial charge is 0.573 e. The van der Waals surface area contributed by atoms with Crippen molar-refractivity contribution in [2.24, 2.45) is 5.92 Å². The molecular formula is C15H19F3N2O4S. The molecule has 0 aromatic heterocycles. The number of alkyl halides is 3. The lowest BCUT2D eigenvalue weighted by Gasteiger charge is -2.30. The minimum absolute atomic E-state index is 0.0748. The SMILES string of the molecule is CS(=O)(=O)N1CCCC(C(=O)NCc2ccccc2OC(F)(F)F)C1. The van der Waals surface area contributed by atoms with Gasteiger partial charge in [-0.25, -0.2) is 12.7 Å². The van der Waals surface area contributed by atoms with Gasteiger partial charge >= 0.3 is 6.36 Å². The number of hydrogen-bond acceptors (Lipinski definition) is 4. The highest BCUT2D eigenvalue weighted by Crippen LogP contribution is 2.26. The molecule has 1 saturated heterocycles. The number of para-hydroxylation sites is 1. The van der Waals surface area contributed by atoms with Gasteiger partial charge in [0.1, 0.15) is 5.75 Å². The summed E-state index contributed by atoms with van der Waals surface area (Å²) in [5.41, 5.74) is 0.184. The van der Waals surface area contributed by atoms with Crippen LogP contribution in [0.1, 0.15) is 18.4 Å². The zero-order valence-corrected chi connectivity index (χ0v) is 14.4. The predicted molar refractivity (Wildman–Crippen MR) is 84.1 cm³/mol. The molecule has 0 spiro atoms. The van der Waals surface area contributed by atoms with Crippen LogP contribution in [-0.4, -0.2) is 44.3 Å². The lowest BCUT2D eigenvalue weighted by atomic mass is 9.98. The van der Waals surface area contributed by atoms with E-state index < -0.39 is 28.2 Å². The fraction of sp³-hybridized carbons (Fsp3) is 0.533. The molecule has 0 aliphatic carbocycles. The van der Waals surface area contributed by atoms with Crippen LogP contribution >= 0.6 is 0 Å². The first kappa shape index (κ1) is 19.5. The molecule has 1 N–H and O–H groups in total. The number of nitrogens with one attached hydrogen (secondary N) is 1. The second-order valence-corrected chi connectivity index (χ2v) is 7.82. The monoisotopic (exact) mass is 380 g/mol. The third-order valence-electron chi connectivity index (χ3n) is 3.88. The zero-order valence-electron chi connectivity index (χ0n) is 13.5. The third-order valence-corrected chi connectivity index (χ3v) is 5.14. The summed E-state index contributed by atoms with van der Waals surface area (Å²) < 4.78 is 65.5. The normalized spacial score (nSPS) is 19.4. The van der Waals surface area contributed by atoms with Crippen LogP contribution in [-0.2, 0) is 21.4 Å². The number of benzene rings is 1. The van der Waals surface area contributed by atoms with Crippen molar-refractivity contribution in [3.05, 3.63) is 29.8 Å². The number of amides is 1. The first-order chi connectivity index (χ1) is 11.6. The topological polar surface area (TPSA) is 75.7 Å².